The van der Waals surface area contributed by atoms with Crippen LogP contribution in [0.25, 0.3) is 11.3 Å². The number of nitrogens with zero attached hydrogens (tertiary/aromatic N) is 1. The van der Waals surface area contributed by atoms with Gasteiger partial charge in [-0.3, -0.25) is 9.69 Å². The Bertz CT molecular complexity index is 899. The lowest BCUT2D eigenvalue weighted by molar-refractivity contribution is -0.235. The van der Waals surface area contributed by atoms with Crippen molar-refractivity contribution in [2.24, 2.45) is 5.92 Å². The van der Waals surface area contributed by atoms with Crippen LogP contribution in [0, 0.1) is 5.92 Å². The number of piperidine rings is 1. The second kappa shape index (κ2) is 10.1. The summed E-state index contributed by atoms with van der Waals surface area (Å²) >= 11 is 0. The highest BCUT2D eigenvalue weighted by Crippen LogP contribution is 2.36. The number of amides is 1. The molecule has 1 N–H and O–H groups in total. The summed E-state index contributed by atoms with van der Waals surface area (Å²) in [6.07, 6.45) is 13.6. The zero-order chi connectivity index (χ0) is 21.8. The number of likely N-dealkylation sites (tertiary alicyclic amines) is 1. The highest BCUT2D eigenvalue weighted by atomic mass is 17.2. The van der Waals surface area contributed by atoms with Crippen molar-refractivity contribution in [2.75, 3.05) is 19.7 Å². The molecule has 1 atom stereocenters. The van der Waals surface area contributed by atoms with Crippen molar-refractivity contribution in [3.63, 3.8) is 0 Å². The molecule has 0 bridgehead atoms. The average Bonchev–Trinajstić information content (AvgIpc) is 3.50. The van der Waals surface area contributed by atoms with E-state index < -0.39 is 0 Å². The molecule has 0 aromatic heterocycles. The van der Waals surface area contributed by atoms with Gasteiger partial charge in [-0.1, -0.05) is 18.6 Å². The molecule has 172 valence electrons. The molecule has 0 aromatic carbocycles. The summed E-state index contributed by atoms with van der Waals surface area (Å²) in [5.41, 5.74) is 2.53. The molecular formula is C26H34N2O4. The second-order valence-corrected chi connectivity index (χ2v) is 9.56. The van der Waals surface area contributed by atoms with Crippen molar-refractivity contribution >= 4 is 5.91 Å². The van der Waals surface area contributed by atoms with E-state index in [1.165, 1.54) is 56.2 Å². The number of fused-ring (bicyclic) bond motifs is 1. The minimum atomic E-state index is 0.0357. The van der Waals surface area contributed by atoms with Crippen molar-refractivity contribution in [1.82, 2.24) is 10.2 Å². The van der Waals surface area contributed by atoms with Gasteiger partial charge >= 0.3 is 0 Å². The van der Waals surface area contributed by atoms with Crippen LogP contribution in [0.1, 0.15) is 69.4 Å². The minimum absolute atomic E-state index is 0.0357. The normalized spacial score (nSPS) is 26.6. The molecule has 5 aliphatic rings. The van der Waals surface area contributed by atoms with E-state index in [0.717, 1.165) is 31.1 Å². The molecule has 6 nitrogen and oxygen atoms in total. The first kappa shape index (κ1) is 21.5. The van der Waals surface area contributed by atoms with E-state index in [-0.39, 0.29) is 12.3 Å². The molecule has 1 saturated heterocycles. The van der Waals surface area contributed by atoms with E-state index in [2.05, 4.69) is 28.4 Å². The van der Waals surface area contributed by atoms with Crippen LogP contribution in [0.5, 0.6) is 0 Å². The highest BCUT2D eigenvalue weighted by molar-refractivity contribution is 5.78. The Labute approximate surface area is 190 Å². The highest BCUT2D eigenvalue weighted by Gasteiger charge is 2.28. The summed E-state index contributed by atoms with van der Waals surface area (Å²) in [7, 11) is 0. The predicted octanol–water partition coefficient (Wildman–Crippen LogP) is 5.21. The lowest BCUT2D eigenvalue weighted by atomic mass is 9.83. The number of hydrogen-bond donors (Lipinski definition) is 1. The zero-order valence-electron chi connectivity index (χ0n) is 18.8. The zero-order valence-corrected chi connectivity index (χ0v) is 18.8. The SMILES string of the molecule is O=C(CC1=CCOO1)NC1CCC(CCN2CCCCC2c2coc3cccc-3c2)CC1. The number of carbonyl (C=O) groups is 1. The lowest BCUT2D eigenvalue weighted by Gasteiger charge is -2.37. The van der Waals surface area contributed by atoms with Gasteiger partial charge in [0.2, 0.25) is 5.91 Å². The first-order chi connectivity index (χ1) is 15.7. The minimum Gasteiger partial charge on any atom is -0.464 e. The van der Waals surface area contributed by atoms with Gasteiger partial charge in [0.1, 0.15) is 18.1 Å². The molecule has 1 amide bonds. The van der Waals surface area contributed by atoms with Gasteiger partial charge in [0.15, 0.2) is 0 Å². The molecule has 1 saturated carbocycles. The van der Waals surface area contributed by atoms with Crippen LogP contribution >= 0.6 is 0 Å². The summed E-state index contributed by atoms with van der Waals surface area (Å²) in [6.45, 7) is 2.76. The molecule has 0 aromatic rings. The Morgan fingerprint density at radius 3 is 2.88 bits per heavy atom. The summed E-state index contributed by atoms with van der Waals surface area (Å²) in [5, 5.41) is 3.18. The van der Waals surface area contributed by atoms with Gasteiger partial charge in [-0.25, -0.2) is 0 Å². The third-order valence-electron chi connectivity index (χ3n) is 7.37. The first-order valence-corrected chi connectivity index (χ1v) is 12.2. The molecule has 2 aliphatic carbocycles. The van der Waals surface area contributed by atoms with Gasteiger partial charge in [0.05, 0.1) is 12.7 Å². The van der Waals surface area contributed by atoms with Crippen LogP contribution < -0.4 is 5.32 Å². The van der Waals surface area contributed by atoms with Crippen molar-refractivity contribution in [2.45, 2.75) is 69.9 Å². The quantitative estimate of drug-likeness (QED) is 0.601. The Morgan fingerprint density at radius 2 is 2.03 bits per heavy atom. The van der Waals surface area contributed by atoms with Gasteiger partial charge in [0, 0.05) is 23.2 Å². The van der Waals surface area contributed by atoms with E-state index in [1.54, 1.807) is 0 Å². The van der Waals surface area contributed by atoms with Gasteiger partial charge in [-0.2, -0.15) is 4.89 Å². The van der Waals surface area contributed by atoms with Crippen LogP contribution in [-0.2, 0) is 14.6 Å². The fourth-order valence-corrected chi connectivity index (χ4v) is 5.55. The molecule has 32 heavy (non-hydrogen) atoms. The van der Waals surface area contributed by atoms with E-state index in [0.29, 0.717) is 24.4 Å². The van der Waals surface area contributed by atoms with E-state index >= 15 is 0 Å². The van der Waals surface area contributed by atoms with Crippen LogP contribution in [0.2, 0.25) is 0 Å². The maximum absolute atomic E-state index is 12.2. The molecule has 3 heterocycles. The third kappa shape index (κ3) is 5.18. The summed E-state index contributed by atoms with van der Waals surface area (Å²) in [4.78, 5) is 24.7. The van der Waals surface area contributed by atoms with Crippen molar-refractivity contribution in [3.8, 4) is 11.3 Å². The molecule has 3 aliphatic heterocycles. The number of rotatable bonds is 7. The maximum atomic E-state index is 12.2. The monoisotopic (exact) mass is 438 g/mol. The first-order valence-electron chi connectivity index (χ1n) is 12.2. The van der Waals surface area contributed by atoms with Gasteiger partial charge in [-0.15, -0.1) is 0 Å². The Morgan fingerprint density at radius 1 is 1.12 bits per heavy atom. The van der Waals surface area contributed by atoms with Crippen LogP contribution in [-0.4, -0.2) is 36.5 Å². The van der Waals surface area contributed by atoms with Gasteiger partial charge in [-0.05, 0) is 82.2 Å². The molecular weight excluding hydrogens is 404 g/mol. The lowest BCUT2D eigenvalue weighted by Crippen LogP contribution is -2.39. The van der Waals surface area contributed by atoms with E-state index in [9.17, 15) is 4.79 Å². The Balaban J connectivity index is 1.09. The van der Waals surface area contributed by atoms with E-state index in [1.807, 2.05) is 18.4 Å². The maximum Gasteiger partial charge on any atom is 0.227 e. The Kier molecular flexibility index (Phi) is 6.79. The second-order valence-electron chi connectivity index (χ2n) is 9.56. The largest absolute Gasteiger partial charge is 0.464 e. The molecule has 5 rings (SSSR count). The molecule has 6 heteroatoms. The van der Waals surface area contributed by atoms with Gasteiger partial charge in [0.25, 0.3) is 0 Å². The number of hydrogen-bond acceptors (Lipinski definition) is 5. The van der Waals surface area contributed by atoms with Crippen LogP contribution in [0.15, 0.2) is 46.8 Å². The van der Waals surface area contributed by atoms with E-state index in [4.69, 9.17) is 14.2 Å². The predicted molar refractivity (Wildman–Crippen MR) is 122 cm³/mol. The average molecular weight is 439 g/mol. The molecule has 0 radical (unpaired) electrons. The van der Waals surface area contributed by atoms with Gasteiger partial charge < -0.3 is 14.6 Å². The van der Waals surface area contributed by atoms with Crippen LogP contribution in [0.4, 0.5) is 0 Å². The molecule has 0 spiro atoms. The molecule has 2 fully saturated rings. The van der Waals surface area contributed by atoms with Crippen molar-refractivity contribution in [3.05, 3.63) is 47.9 Å². The van der Waals surface area contributed by atoms with Crippen LogP contribution in [0.3, 0.4) is 0 Å². The smallest absolute Gasteiger partial charge is 0.227 e. The fourth-order valence-electron chi connectivity index (χ4n) is 5.55. The van der Waals surface area contributed by atoms with Crippen molar-refractivity contribution in [1.29, 1.82) is 0 Å². The summed E-state index contributed by atoms with van der Waals surface area (Å²) in [6, 6.07) is 9.31. The van der Waals surface area contributed by atoms with Crippen molar-refractivity contribution < 1.29 is 19.0 Å². The number of nitrogens with one attached hydrogen (secondary N) is 1. The number of carbonyl (C=O) groups excluding carboxylic acids is 1. The topological polar surface area (TPSA) is 63.9 Å². The summed E-state index contributed by atoms with van der Waals surface area (Å²) < 4.78 is 5.88. The third-order valence-corrected chi connectivity index (χ3v) is 7.37. The molecule has 1 unspecified atom stereocenters. The standard InChI is InChI=1S/C26H34N2O4/c29-26(17-23-12-15-31-32-23)27-22-9-7-19(8-10-22)11-14-28-13-2-1-5-24(28)21-16-20-4-3-6-25(20)30-18-21/h3-4,6,12,16,18-19,22,24H,1-2,5,7-11,13-15,17H2,(H,27,29). The Hall–Kier alpha value is -2.31. The summed E-state index contributed by atoms with van der Waals surface area (Å²) in [5.74, 6) is 2.38. The fraction of sp³-hybridized carbons (Fsp3) is 0.577.